The van der Waals surface area contributed by atoms with E-state index in [9.17, 15) is 40.7 Å². The number of nitrogens with zero attached hydrogens (tertiary/aromatic N) is 1. The number of anilines is 1. The zero-order valence-corrected chi connectivity index (χ0v) is 26.9. The molecule has 0 spiro atoms. The number of hydrogen-bond acceptors (Lipinski definition) is 8. The van der Waals surface area contributed by atoms with Gasteiger partial charge in [0.2, 0.25) is 0 Å². The van der Waals surface area contributed by atoms with Crippen LogP contribution >= 0.6 is 0 Å². The van der Waals surface area contributed by atoms with Gasteiger partial charge in [0.05, 0.1) is 39.4 Å². The highest BCUT2D eigenvalue weighted by atomic mass is 32.2. The Morgan fingerprint density at radius 3 is 1.94 bits per heavy atom. The Morgan fingerprint density at radius 1 is 0.729 bits per heavy atom. The van der Waals surface area contributed by atoms with Gasteiger partial charge in [0, 0.05) is 44.0 Å². The fraction of sp³-hybridized carbons (Fsp3) is 0.219. The van der Waals surface area contributed by atoms with Crippen molar-refractivity contribution in [1.82, 2.24) is 9.44 Å². The lowest BCUT2D eigenvalue weighted by molar-refractivity contribution is -0.138. The van der Waals surface area contributed by atoms with E-state index >= 15 is 0 Å². The first-order chi connectivity index (χ1) is 22.7. The van der Waals surface area contributed by atoms with Crippen LogP contribution in [0.4, 0.5) is 32.0 Å². The fourth-order valence-electron chi connectivity index (χ4n) is 4.44. The van der Waals surface area contributed by atoms with Crippen molar-refractivity contribution in [2.24, 2.45) is 0 Å². The molecule has 0 saturated heterocycles. The highest BCUT2D eigenvalue weighted by Crippen LogP contribution is 2.37. The number of benzene rings is 4. The maximum atomic E-state index is 14.2. The molecule has 0 aliphatic heterocycles. The molecule has 4 aromatic rings. The van der Waals surface area contributed by atoms with Gasteiger partial charge in [-0.1, -0.05) is 18.2 Å². The molecule has 8 nitrogen and oxygen atoms in total. The van der Waals surface area contributed by atoms with E-state index in [1.165, 1.54) is 74.8 Å². The number of alkyl halides is 6. The molecular weight excluding hydrogens is 682 g/mol. The average Bonchev–Trinajstić information content (AvgIpc) is 3.07. The van der Waals surface area contributed by atoms with Crippen LogP contribution in [0.5, 0.6) is 11.5 Å². The summed E-state index contributed by atoms with van der Waals surface area (Å²) in [5.41, 5.74) is -1.43. The monoisotopic (exact) mass is 710 g/mol. The van der Waals surface area contributed by atoms with Crippen molar-refractivity contribution in [3.05, 3.63) is 112 Å². The Balaban J connectivity index is 1.55. The largest absolute Gasteiger partial charge is 0.593 e. The number of ether oxygens (including phenoxy) is 2. The van der Waals surface area contributed by atoms with Crippen LogP contribution in [0.2, 0.25) is 0 Å². The molecule has 0 fully saturated rings. The molecule has 2 unspecified atom stereocenters. The Bertz CT molecular complexity index is 1770. The first kappa shape index (κ1) is 36.7. The van der Waals surface area contributed by atoms with Crippen molar-refractivity contribution in [3.63, 3.8) is 0 Å². The second-order valence-electron chi connectivity index (χ2n) is 9.99. The molecule has 3 N–H and O–H groups in total. The maximum absolute atomic E-state index is 14.2. The number of halogens is 6. The lowest BCUT2D eigenvalue weighted by Crippen LogP contribution is -2.19. The van der Waals surface area contributed by atoms with Crippen molar-refractivity contribution in [2.45, 2.75) is 41.9 Å². The van der Waals surface area contributed by atoms with E-state index in [4.69, 9.17) is 9.47 Å². The summed E-state index contributed by atoms with van der Waals surface area (Å²) >= 11 is -3.20. The van der Waals surface area contributed by atoms with Crippen LogP contribution in [0.15, 0.2) is 88.7 Å². The topological polar surface area (TPSA) is 124 Å². The van der Waals surface area contributed by atoms with Crippen LogP contribution in [0.25, 0.3) is 0 Å². The molecule has 48 heavy (non-hydrogen) atoms. The molecule has 0 aromatic heterocycles. The van der Waals surface area contributed by atoms with Crippen LogP contribution in [0, 0.1) is 11.3 Å². The second kappa shape index (κ2) is 15.9. The molecule has 0 aliphatic carbocycles. The second-order valence-corrected chi connectivity index (χ2v) is 12.8. The molecule has 0 heterocycles. The number of nitriles is 1. The number of nitrogens with one attached hydrogen (secondary N) is 3. The van der Waals surface area contributed by atoms with Crippen LogP contribution in [-0.4, -0.2) is 23.2 Å². The Morgan fingerprint density at radius 2 is 1.33 bits per heavy atom. The maximum Gasteiger partial charge on any atom is 0.418 e. The minimum absolute atomic E-state index is 0.0537. The zero-order chi connectivity index (χ0) is 35.1. The molecule has 0 aliphatic rings. The van der Waals surface area contributed by atoms with E-state index in [1.54, 1.807) is 0 Å². The van der Waals surface area contributed by atoms with Crippen molar-refractivity contribution >= 4 is 28.4 Å². The predicted octanol–water partition coefficient (Wildman–Crippen LogP) is 6.85. The van der Waals surface area contributed by atoms with E-state index in [0.29, 0.717) is 15.4 Å². The van der Waals surface area contributed by atoms with Crippen molar-refractivity contribution in [2.75, 3.05) is 19.4 Å². The van der Waals surface area contributed by atoms with E-state index in [2.05, 4.69) is 14.8 Å². The minimum Gasteiger partial charge on any atom is -0.593 e. The van der Waals surface area contributed by atoms with Gasteiger partial charge in [-0.25, -0.2) is 0 Å². The average molecular weight is 711 g/mol. The lowest BCUT2D eigenvalue weighted by atomic mass is 10.1. The summed E-state index contributed by atoms with van der Waals surface area (Å²) < 4.78 is 123. The molecular formula is C32H28F6N4O4S2. The van der Waals surface area contributed by atoms with Crippen molar-refractivity contribution in [1.29, 1.82) is 5.26 Å². The summed E-state index contributed by atoms with van der Waals surface area (Å²) in [6.07, 6.45) is -9.34. The molecule has 4 rings (SSSR count). The smallest absolute Gasteiger partial charge is 0.418 e. The van der Waals surface area contributed by atoms with Crippen LogP contribution < -0.4 is 24.2 Å². The first-order valence-corrected chi connectivity index (χ1v) is 16.2. The highest BCUT2D eigenvalue weighted by Gasteiger charge is 2.34. The van der Waals surface area contributed by atoms with Crippen molar-refractivity contribution < 1.29 is 44.9 Å². The third-order valence-corrected chi connectivity index (χ3v) is 8.91. The van der Waals surface area contributed by atoms with Gasteiger partial charge in [0.25, 0.3) is 0 Å². The Kier molecular flexibility index (Phi) is 12.1. The summed E-state index contributed by atoms with van der Waals surface area (Å²) in [6.45, 7) is -0.799. The summed E-state index contributed by atoms with van der Waals surface area (Å²) in [4.78, 5) is 0.620. The van der Waals surface area contributed by atoms with Gasteiger partial charge in [-0.3, -0.25) is 0 Å². The van der Waals surface area contributed by atoms with Gasteiger partial charge in [-0.05, 0) is 59.7 Å². The molecule has 0 amide bonds. The predicted molar refractivity (Wildman–Crippen MR) is 167 cm³/mol. The summed E-state index contributed by atoms with van der Waals surface area (Å²) in [6, 6.07) is 18.6. The van der Waals surface area contributed by atoms with E-state index in [-0.39, 0.29) is 53.6 Å². The first-order valence-electron chi connectivity index (χ1n) is 13.9. The third-order valence-electron chi connectivity index (χ3n) is 6.80. The van der Waals surface area contributed by atoms with E-state index in [0.717, 1.165) is 18.2 Å². The van der Waals surface area contributed by atoms with Crippen molar-refractivity contribution in [3.8, 4) is 17.6 Å². The molecule has 2 atom stereocenters. The Labute approximate surface area is 278 Å². The van der Waals surface area contributed by atoms with E-state index < -0.39 is 46.2 Å². The summed E-state index contributed by atoms with van der Waals surface area (Å²) in [5, 5.41) is 12.2. The molecule has 0 radical (unpaired) electrons. The van der Waals surface area contributed by atoms with Gasteiger partial charge in [-0.15, -0.1) is 9.44 Å². The lowest BCUT2D eigenvalue weighted by Gasteiger charge is -2.19. The van der Waals surface area contributed by atoms with Gasteiger partial charge in [-0.2, -0.15) is 31.6 Å². The SMILES string of the molecule is CN[S+]([O-])c1ccc(OCc2ccc(NCc3cc([S+]([O-])NC)ccc3OCc3cccc(C(F)(F)F)c3)c(C(F)(F)F)c2)c(C#N)c1. The van der Waals surface area contributed by atoms with Crippen LogP contribution in [-0.2, 0) is 54.8 Å². The third kappa shape index (κ3) is 9.49. The minimum atomic E-state index is -4.78. The quantitative estimate of drug-likeness (QED) is 0.102. The zero-order valence-electron chi connectivity index (χ0n) is 25.3. The van der Waals surface area contributed by atoms with Gasteiger partial charge in [0.15, 0.2) is 9.79 Å². The standard InChI is InChI=1S/C32H28F6N4O4S2/c1-40-47(43)25-7-10-29(22(14-25)16-39)45-19-21-6-9-28(27(13-21)32(36,37)38)42-17-23-15-26(48(44)41-2)8-11-30(23)46-18-20-4-3-5-24(12-20)31(33,34)35/h3-15,40-42H,17-19H2,1-2H3. The summed E-state index contributed by atoms with van der Waals surface area (Å²) in [7, 11) is 2.93. The molecule has 254 valence electrons. The molecule has 0 bridgehead atoms. The van der Waals surface area contributed by atoms with E-state index in [1.807, 2.05) is 6.07 Å². The fourth-order valence-corrected chi connectivity index (χ4v) is 5.77. The summed E-state index contributed by atoms with van der Waals surface area (Å²) in [5.74, 6) is 0.259. The van der Waals surface area contributed by atoms with Gasteiger partial charge in [0.1, 0.15) is 30.8 Å². The Hall–Kier alpha value is -4.11. The molecule has 4 aromatic carbocycles. The van der Waals surface area contributed by atoms with Gasteiger partial charge < -0.3 is 23.9 Å². The van der Waals surface area contributed by atoms with Gasteiger partial charge >= 0.3 is 12.4 Å². The van der Waals surface area contributed by atoms with Crippen LogP contribution in [0.3, 0.4) is 0 Å². The number of hydrogen-bond donors (Lipinski definition) is 3. The normalized spacial score (nSPS) is 13.0. The number of rotatable bonds is 13. The van der Waals surface area contributed by atoms with Crippen LogP contribution in [0.1, 0.15) is 33.4 Å². The highest BCUT2D eigenvalue weighted by molar-refractivity contribution is 7.89. The molecule has 16 heteroatoms. The molecule has 0 saturated carbocycles.